The third kappa shape index (κ3) is 1.72. The zero-order valence-corrected chi connectivity index (χ0v) is 9.10. The molecule has 0 spiro atoms. The first kappa shape index (κ1) is 10.5. The number of aromatic nitrogens is 1. The molecule has 0 saturated carbocycles. The zero-order valence-electron chi connectivity index (χ0n) is 9.10. The van der Waals surface area contributed by atoms with E-state index in [2.05, 4.69) is 6.58 Å². The predicted molar refractivity (Wildman–Crippen MR) is 63.7 cm³/mol. The highest BCUT2D eigenvalue weighted by Crippen LogP contribution is 2.21. The van der Waals surface area contributed by atoms with Crippen LogP contribution in [0, 0.1) is 0 Å². The summed E-state index contributed by atoms with van der Waals surface area (Å²) >= 11 is 0. The SMILES string of the molecule is C=C(C)Cn1ccc2c(C(=O)O)cccc21. The zero-order chi connectivity index (χ0) is 11.7. The minimum atomic E-state index is -0.890. The van der Waals surface area contributed by atoms with Gasteiger partial charge in [-0.15, -0.1) is 0 Å². The molecule has 0 aliphatic rings. The minimum absolute atomic E-state index is 0.345. The van der Waals surface area contributed by atoms with Crippen molar-refractivity contribution in [1.82, 2.24) is 4.57 Å². The van der Waals surface area contributed by atoms with Gasteiger partial charge in [0.05, 0.1) is 5.56 Å². The summed E-state index contributed by atoms with van der Waals surface area (Å²) in [6.45, 7) is 6.52. The Morgan fingerprint density at radius 1 is 1.44 bits per heavy atom. The minimum Gasteiger partial charge on any atom is -0.478 e. The van der Waals surface area contributed by atoms with Gasteiger partial charge in [-0.2, -0.15) is 0 Å². The van der Waals surface area contributed by atoms with Crippen molar-refractivity contribution in [1.29, 1.82) is 0 Å². The molecule has 0 aliphatic carbocycles. The molecule has 1 aromatic carbocycles. The molecule has 3 heteroatoms. The van der Waals surface area contributed by atoms with E-state index in [9.17, 15) is 4.79 Å². The van der Waals surface area contributed by atoms with Crippen molar-refractivity contribution in [3.63, 3.8) is 0 Å². The van der Waals surface area contributed by atoms with Gasteiger partial charge in [-0.25, -0.2) is 4.79 Å². The molecule has 1 heterocycles. The number of hydrogen-bond acceptors (Lipinski definition) is 1. The van der Waals surface area contributed by atoms with Crippen molar-refractivity contribution in [3.8, 4) is 0 Å². The molecule has 82 valence electrons. The van der Waals surface area contributed by atoms with Crippen molar-refractivity contribution in [2.75, 3.05) is 0 Å². The van der Waals surface area contributed by atoms with Crippen LogP contribution >= 0.6 is 0 Å². The quantitative estimate of drug-likeness (QED) is 0.800. The number of aromatic carboxylic acids is 1. The maximum absolute atomic E-state index is 11.0. The van der Waals surface area contributed by atoms with E-state index < -0.39 is 5.97 Å². The Morgan fingerprint density at radius 2 is 2.19 bits per heavy atom. The third-order valence-electron chi connectivity index (χ3n) is 2.48. The molecule has 0 radical (unpaired) electrons. The van der Waals surface area contributed by atoms with Gasteiger partial charge in [0, 0.05) is 23.6 Å². The highest BCUT2D eigenvalue weighted by Gasteiger charge is 2.10. The first-order valence-corrected chi connectivity index (χ1v) is 5.05. The summed E-state index contributed by atoms with van der Waals surface area (Å²) < 4.78 is 2.00. The fourth-order valence-electron chi connectivity index (χ4n) is 1.84. The first-order valence-electron chi connectivity index (χ1n) is 5.05. The van der Waals surface area contributed by atoms with E-state index in [1.54, 1.807) is 12.1 Å². The van der Waals surface area contributed by atoms with E-state index in [0.717, 1.165) is 16.5 Å². The largest absolute Gasteiger partial charge is 0.478 e. The molecule has 1 N–H and O–H groups in total. The fraction of sp³-hybridized carbons (Fsp3) is 0.154. The van der Waals surface area contributed by atoms with Crippen LogP contribution in [0.4, 0.5) is 0 Å². The lowest BCUT2D eigenvalue weighted by molar-refractivity contribution is 0.0699. The Morgan fingerprint density at radius 3 is 2.81 bits per heavy atom. The van der Waals surface area contributed by atoms with Gasteiger partial charge in [0.2, 0.25) is 0 Å². The average molecular weight is 215 g/mol. The van der Waals surface area contributed by atoms with Gasteiger partial charge >= 0.3 is 5.97 Å². The van der Waals surface area contributed by atoms with Crippen LogP contribution in [0.15, 0.2) is 42.6 Å². The molecule has 0 saturated heterocycles. The highest BCUT2D eigenvalue weighted by atomic mass is 16.4. The van der Waals surface area contributed by atoms with Crippen molar-refractivity contribution in [2.45, 2.75) is 13.5 Å². The van der Waals surface area contributed by atoms with Crippen LogP contribution in [-0.2, 0) is 6.54 Å². The van der Waals surface area contributed by atoms with Crippen molar-refractivity contribution in [2.24, 2.45) is 0 Å². The molecule has 0 aliphatic heterocycles. The number of allylic oxidation sites excluding steroid dienone is 1. The van der Waals surface area contributed by atoms with Crippen LogP contribution < -0.4 is 0 Å². The number of rotatable bonds is 3. The molecule has 0 amide bonds. The fourth-order valence-corrected chi connectivity index (χ4v) is 1.84. The van der Waals surface area contributed by atoms with Crippen LogP contribution in [0.5, 0.6) is 0 Å². The maximum Gasteiger partial charge on any atom is 0.336 e. The van der Waals surface area contributed by atoms with Gasteiger partial charge in [0.1, 0.15) is 0 Å². The van der Waals surface area contributed by atoms with Gasteiger partial charge in [0.15, 0.2) is 0 Å². The van der Waals surface area contributed by atoms with Crippen LogP contribution in [0.25, 0.3) is 10.9 Å². The molecule has 16 heavy (non-hydrogen) atoms. The topological polar surface area (TPSA) is 42.2 Å². The second kappa shape index (κ2) is 3.85. The smallest absolute Gasteiger partial charge is 0.336 e. The average Bonchev–Trinajstić information content (AvgIpc) is 2.60. The van der Waals surface area contributed by atoms with E-state index in [0.29, 0.717) is 12.1 Å². The van der Waals surface area contributed by atoms with E-state index in [1.165, 1.54) is 0 Å². The Kier molecular flexibility index (Phi) is 2.52. The lowest BCUT2D eigenvalue weighted by Crippen LogP contribution is -1.99. The second-order valence-corrected chi connectivity index (χ2v) is 3.94. The Balaban J connectivity index is 2.61. The molecule has 0 fully saturated rings. The molecule has 3 nitrogen and oxygen atoms in total. The molecule has 0 unspecified atom stereocenters. The van der Waals surface area contributed by atoms with Gasteiger partial charge in [0.25, 0.3) is 0 Å². The Hall–Kier alpha value is -2.03. The van der Waals surface area contributed by atoms with Crippen molar-refractivity contribution < 1.29 is 9.90 Å². The van der Waals surface area contributed by atoms with Gasteiger partial charge < -0.3 is 9.67 Å². The summed E-state index contributed by atoms with van der Waals surface area (Å²) in [7, 11) is 0. The molecule has 1 aromatic heterocycles. The number of carboxylic acids is 1. The summed E-state index contributed by atoms with van der Waals surface area (Å²) in [5, 5.41) is 9.82. The monoisotopic (exact) mass is 215 g/mol. The van der Waals surface area contributed by atoms with Gasteiger partial charge in [-0.3, -0.25) is 0 Å². The van der Waals surface area contributed by atoms with Gasteiger partial charge in [-0.1, -0.05) is 18.2 Å². The van der Waals surface area contributed by atoms with Crippen LogP contribution in [-0.4, -0.2) is 15.6 Å². The number of fused-ring (bicyclic) bond motifs is 1. The molecule has 2 aromatic rings. The lowest BCUT2D eigenvalue weighted by Gasteiger charge is -2.05. The number of hydrogen-bond donors (Lipinski definition) is 1. The van der Waals surface area contributed by atoms with Crippen LogP contribution in [0.3, 0.4) is 0 Å². The normalized spacial score (nSPS) is 10.6. The highest BCUT2D eigenvalue weighted by molar-refractivity contribution is 6.02. The molecule has 2 rings (SSSR count). The summed E-state index contributed by atoms with van der Waals surface area (Å²) in [6, 6.07) is 7.14. The Bertz CT molecular complexity index is 566. The number of carboxylic acid groups (broad SMARTS) is 1. The molecular weight excluding hydrogens is 202 g/mol. The molecule has 0 atom stereocenters. The van der Waals surface area contributed by atoms with Crippen LogP contribution in [0.1, 0.15) is 17.3 Å². The summed E-state index contributed by atoms with van der Waals surface area (Å²) in [5.74, 6) is -0.890. The predicted octanol–water partition coefficient (Wildman–Crippen LogP) is 2.92. The number of carbonyl (C=O) groups is 1. The van der Waals surface area contributed by atoms with E-state index in [4.69, 9.17) is 5.11 Å². The number of benzene rings is 1. The van der Waals surface area contributed by atoms with E-state index >= 15 is 0 Å². The van der Waals surface area contributed by atoms with E-state index in [1.807, 2.05) is 29.8 Å². The van der Waals surface area contributed by atoms with Crippen LogP contribution in [0.2, 0.25) is 0 Å². The summed E-state index contributed by atoms with van der Waals surface area (Å²) in [4.78, 5) is 11.0. The maximum atomic E-state index is 11.0. The third-order valence-corrected chi connectivity index (χ3v) is 2.48. The van der Waals surface area contributed by atoms with Crippen molar-refractivity contribution >= 4 is 16.9 Å². The second-order valence-electron chi connectivity index (χ2n) is 3.94. The summed E-state index contributed by atoms with van der Waals surface area (Å²) in [6.07, 6.45) is 1.89. The molecular formula is C13H13NO2. The standard InChI is InChI=1S/C13H13NO2/c1-9(2)8-14-7-6-10-11(13(15)16)4-3-5-12(10)14/h3-7H,1,8H2,2H3,(H,15,16). The lowest BCUT2D eigenvalue weighted by atomic mass is 10.1. The van der Waals surface area contributed by atoms with E-state index in [-0.39, 0.29) is 0 Å². The Labute approximate surface area is 93.6 Å². The molecule has 0 bridgehead atoms. The van der Waals surface area contributed by atoms with Gasteiger partial charge in [-0.05, 0) is 25.1 Å². The summed E-state index contributed by atoms with van der Waals surface area (Å²) in [5.41, 5.74) is 2.32. The van der Waals surface area contributed by atoms with Crippen molar-refractivity contribution in [3.05, 3.63) is 48.2 Å². The first-order chi connectivity index (χ1) is 7.59. The number of nitrogens with zero attached hydrogens (tertiary/aromatic N) is 1.